The van der Waals surface area contributed by atoms with E-state index < -0.39 is 0 Å². The highest BCUT2D eigenvalue weighted by atomic mass is 19.1. The predicted octanol–water partition coefficient (Wildman–Crippen LogP) is 6.73. The second-order valence-corrected chi connectivity index (χ2v) is 6.89. The number of para-hydroxylation sites is 2. The van der Waals surface area contributed by atoms with Gasteiger partial charge in [-0.1, -0.05) is 69.7 Å². The van der Waals surface area contributed by atoms with E-state index in [-0.39, 0.29) is 5.82 Å². The largest absolute Gasteiger partial charge is 0.249 e. The lowest BCUT2D eigenvalue weighted by Gasteiger charge is -2.10. The van der Waals surface area contributed by atoms with Crippen molar-refractivity contribution >= 4 is 11.0 Å². The Labute approximate surface area is 155 Å². The summed E-state index contributed by atoms with van der Waals surface area (Å²) < 4.78 is 13.7. The summed E-state index contributed by atoms with van der Waals surface area (Å²) in [5, 5.41) is 0. The van der Waals surface area contributed by atoms with Gasteiger partial charge in [0.2, 0.25) is 0 Å². The van der Waals surface area contributed by atoms with Gasteiger partial charge in [-0.3, -0.25) is 0 Å². The summed E-state index contributed by atoms with van der Waals surface area (Å²) in [5.74, 6) is -0.237. The fourth-order valence-electron chi connectivity index (χ4n) is 3.33. The van der Waals surface area contributed by atoms with E-state index in [1.807, 2.05) is 30.3 Å². The average Bonchev–Trinajstić information content (AvgIpc) is 2.66. The van der Waals surface area contributed by atoms with Crippen molar-refractivity contribution in [3.05, 3.63) is 60.0 Å². The van der Waals surface area contributed by atoms with Gasteiger partial charge in [0, 0.05) is 5.56 Å². The Bertz CT molecular complexity index is 844. The van der Waals surface area contributed by atoms with Gasteiger partial charge >= 0.3 is 0 Å². The molecule has 136 valence electrons. The number of fused-ring (bicyclic) bond motifs is 1. The van der Waals surface area contributed by atoms with Gasteiger partial charge in [-0.15, -0.1) is 0 Å². The van der Waals surface area contributed by atoms with Crippen LogP contribution in [-0.2, 0) is 6.42 Å². The molecule has 0 saturated carbocycles. The minimum absolute atomic E-state index is 0.237. The molecule has 2 aromatic carbocycles. The zero-order chi connectivity index (χ0) is 18.2. The maximum Gasteiger partial charge on any atom is 0.123 e. The molecule has 0 spiro atoms. The van der Waals surface area contributed by atoms with Crippen molar-refractivity contribution in [2.75, 3.05) is 0 Å². The number of hydrogen-bond donors (Lipinski definition) is 0. The van der Waals surface area contributed by atoms with E-state index in [0.717, 1.165) is 40.8 Å². The molecule has 0 radical (unpaired) electrons. The minimum Gasteiger partial charge on any atom is -0.249 e. The van der Waals surface area contributed by atoms with Crippen molar-refractivity contribution in [1.29, 1.82) is 0 Å². The van der Waals surface area contributed by atoms with Crippen LogP contribution in [0.3, 0.4) is 0 Å². The zero-order valence-electron chi connectivity index (χ0n) is 15.5. The molecule has 0 aliphatic rings. The normalized spacial score (nSPS) is 11.2. The van der Waals surface area contributed by atoms with Crippen LogP contribution in [0.5, 0.6) is 0 Å². The van der Waals surface area contributed by atoms with Crippen molar-refractivity contribution in [2.45, 2.75) is 58.3 Å². The van der Waals surface area contributed by atoms with Crippen molar-refractivity contribution in [3.63, 3.8) is 0 Å². The first-order chi connectivity index (χ1) is 12.8. The van der Waals surface area contributed by atoms with Crippen LogP contribution in [0, 0.1) is 5.82 Å². The van der Waals surface area contributed by atoms with Crippen LogP contribution in [0.15, 0.2) is 48.5 Å². The number of hydrogen-bond acceptors (Lipinski definition) is 2. The summed E-state index contributed by atoms with van der Waals surface area (Å²) in [4.78, 5) is 9.64. The smallest absolute Gasteiger partial charge is 0.123 e. The van der Waals surface area contributed by atoms with E-state index in [1.54, 1.807) is 12.1 Å². The molecule has 0 aliphatic carbocycles. The molecule has 3 heteroatoms. The van der Waals surface area contributed by atoms with Gasteiger partial charge in [0.05, 0.1) is 22.4 Å². The molecule has 1 heterocycles. The molecule has 0 aliphatic heterocycles. The van der Waals surface area contributed by atoms with Crippen molar-refractivity contribution in [1.82, 2.24) is 9.97 Å². The molecule has 0 saturated heterocycles. The van der Waals surface area contributed by atoms with Gasteiger partial charge in [0.15, 0.2) is 0 Å². The molecule has 2 nitrogen and oxygen atoms in total. The highest BCUT2D eigenvalue weighted by Gasteiger charge is 2.11. The van der Waals surface area contributed by atoms with Crippen LogP contribution >= 0.6 is 0 Å². The van der Waals surface area contributed by atoms with Gasteiger partial charge in [-0.2, -0.15) is 0 Å². The van der Waals surface area contributed by atoms with Gasteiger partial charge in [0.1, 0.15) is 5.82 Å². The van der Waals surface area contributed by atoms with Gasteiger partial charge in [0.25, 0.3) is 0 Å². The monoisotopic (exact) mass is 350 g/mol. The summed E-state index contributed by atoms with van der Waals surface area (Å²) in [6, 6.07) is 14.6. The molecule has 0 atom stereocenters. The Kier molecular flexibility index (Phi) is 6.70. The number of rotatable bonds is 9. The van der Waals surface area contributed by atoms with Crippen LogP contribution < -0.4 is 0 Å². The molecular weight excluding hydrogens is 323 g/mol. The van der Waals surface area contributed by atoms with Gasteiger partial charge < -0.3 is 0 Å². The Morgan fingerprint density at radius 1 is 0.769 bits per heavy atom. The van der Waals surface area contributed by atoms with E-state index >= 15 is 0 Å². The molecule has 26 heavy (non-hydrogen) atoms. The van der Waals surface area contributed by atoms with Crippen LogP contribution in [0.1, 0.15) is 57.6 Å². The lowest BCUT2D eigenvalue weighted by molar-refractivity contribution is 0.587. The molecule has 3 rings (SSSR count). The van der Waals surface area contributed by atoms with Gasteiger partial charge in [-0.25, -0.2) is 14.4 Å². The standard InChI is InChI=1S/C23H27FN2/c1-2-3-4-5-6-7-8-16-22-23(18-12-11-13-19(24)17-18)26-21-15-10-9-14-20(21)25-22/h9-15,17H,2-8,16H2,1H3. The molecule has 3 aromatic rings. The van der Waals surface area contributed by atoms with Crippen molar-refractivity contribution in [2.24, 2.45) is 0 Å². The van der Waals surface area contributed by atoms with Gasteiger partial charge in [-0.05, 0) is 37.1 Å². The first kappa shape index (κ1) is 18.5. The summed E-state index contributed by atoms with van der Waals surface area (Å²) in [7, 11) is 0. The Balaban J connectivity index is 1.77. The third-order valence-electron chi connectivity index (χ3n) is 4.76. The van der Waals surface area contributed by atoms with Crippen LogP contribution in [0.4, 0.5) is 4.39 Å². The Morgan fingerprint density at radius 2 is 1.46 bits per heavy atom. The first-order valence-corrected chi connectivity index (χ1v) is 9.79. The van der Waals surface area contributed by atoms with Crippen LogP contribution in [0.25, 0.3) is 22.3 Å². The molecular formula is C23H27FN2. The number of unbranched alkanes of at least 4 members (excludes halogenated alkanes) is 6. The van der Waals surface area contributed by atoms with Crippen LogP contribution in [-0.4, -0.2) is 9.97 Å². The topological polar surface area (TPSA) is 25.8 Å². The van der Waals surface area contributed by atoms with E-state index in [2.05, 4.69) is 6.92 Å². The maximum atomic E-state index is 13.7. The fraction of sp³-hybridized carbons (Fsp3) is 0.391. The molecule has 1 aromatic heterocycles. The number of nitrogens with zero attached hydrogens (tertiary/aromatic N) is 2. The summed E-state index contributed by atoms with van der Waals surface area (Å²) in [6.45, 7) is 2.24. The molecule has 0 N–H and O–H groups in total. The quantitative estimate of drug-likeness (QED) is 0.400. The average molecular weight is 350 g/mol. The second-order valence-electron chi connectivity index (χ2n) is 6.89. The third-order valence-corrected chi connectivity index (χ3v) is 4.76. The SMILES string of the molecule is CCCCCCCCCc1nc2ccccc2nc1-c1cccc(F)c1. The highest BCUT2D eigenvalue weighted by Crippen LogP contribution is 2.25. The second kappa shape index (κ2) is 9.42. The summed E-state index contributed by atoms with van der Waals surface area (Å²) in [5.41, 5.74) is 4.36. The number of halogens is 1. The minimum atomic E-state index is -0.237. The zero-order valence-corrected chi connectivity index (χ0v) is 15.5. The Hall–Kier alpha value is -2.29. The number of benzene rings is 2. The van der Waals surface area contributed by atoms with E-state index in [0.29, 0.717) is 0 Å². The highest BCUT2D eigenvalue weighted by molar-refractivity contribution is 5.78. The predicted molar refractivity (Wildman–Crippen MR) is 107 cm³/mol. The number of aromatic nitrogens is 2. The molecule has 0 bridgehead atoms. The van der Waals surface area contributed by atoms with E-state index in [9.17, 15) is 4.39 Å². The molecule has 0 unspecified atom stereocenters. The van der Waals surface area contributed by atoms with Crippen LogP contribution in [0.2, 0.25) is 0 Å². The van der Waals surface area contributed by atoms with E-state index in [4.69, 9.17) is 9.97 Å². The summed E-state index contributed by atoms with van der Waals surface area (Å²) >= 11 is 0. The maximum absolute atomic E-state index is 13.7. The lowest BCUT2D eigenvalue weighted by atomic mass is 10.0. The lowest BCUT2D eigenvalue weighted by Crippen LogP contribution is -2.00. The Morgan fingerprint density at radius 3 is 2.19 bits per heavy atom. The van der Waals surface area contributed by atoms with Crippen molar-refractivity contribution < 1.29 is 4.39 Å². The first-order valence-electron chi connectivity index (χ1n) is 9.79. The third kappa shape index (κ3) is 4.87. The molecule has 0 fully saturated rings. The van der Waals surface area contributed by atoms with E-state index in [1.165, 1.54) is 44.6 Å². The van der Waals surface area contributed by atoms with Crippen molar-refractivity contribution in [3.8, 4) is 11.3 Å². The number of aryl methyl sites for hydroxylation is 1. The molecule has 0 amide bonds. The fourth-order valence-corrected chi connectivity index (χ4v) is 3.33. The summed E-state index contributed by atoms with van der Waals surface area (Å²) in [6.07, 6.45) is 9.73.